The number of carbonyl (C=O) groups excluding carboxylic acids is 1. The molecule has 1 fully saturated rings. The number of carbonyl (C=O) groups is 1. The number of methoxy groups -OCH3 is 1. The Kier molecular flexibility index (Phi) is 4.44. The van der Waals surface area contributed by atoms with Gasteiger partial charge in [-0.1, -0.05) is 35.0 Å². The molecular formula is C19H23BrO2. The minimum Gasteiger partial charge on any atom is -0.497 e. The Hall–Kier alpha value is -1.09. The van der Waals surface area contributed by atoms with Crippen LogP contribution in [0.2, 0.25) is 0 Å². The van der Waals surface area contributed by atoms with Crippen LogP contribution in [-0.2, 0) is 11.2 Å². The average molecular weight is 363 g/mol. The topological polar surface area (TPSA) is 26.3 Å². The summed E-state index contributed by atoms with van der Waals surface area (Å²) in [4.78, 5) is 12.2. The molecule has 0 heterocycles. The second-order valence-corrected chi connectivity index (χ2v) is 7.63. The van der Waals surface area contributed by atoms with Crippen LogP contribution in [0.5, 0.6) is 5.75 Å². The van der Waals surface area contributed by atoms with E-state index in [-0.39, 0.29) is 5.41 Å². The van der Waals surface area contributed by atoms with Crippen molar-refractivity contribution in [2.24, 2.45) is 17.3 Å². The molecule has 118 valence electrons. The van der Waals surface area contributed by atoms with E-state index >= 15 is 0 Å². The van der Waals surface area contributed by atoms with Crippen LogP contribution in [0.25, 0.3) is 0 Å². The smallest absolute Gasteiger partial charge is 0.139 e. The van der Waals surface area contributed by atoms with E-state index in [1.165, 1.54) is 5.56 Å². The van der Waals surface area contributed by atoms with Gasteiger partial charge in [-0.05, 0) is 61.3 Å². The van der Waals surface area contributed by atoms with Gasteiger partial charge >= 0.3 is 0 Å². The first-order valence-corrected chi connectivity index (χ1v) is 8.86. The van der Waals surface area contributed by atoms with Gasteiger partial charge in [-0.3, -0.25) is 4.79 Å². The predicted octanol–water partition coefficient (Wildman–Crippen LogP) is 4.95. The Morgan fingerprint density at radius 1 is 1.41 bits per heavy atom. The summed E-state index contributed by atoms with van der Waals surface area (Å²) in [6, 6.07) is 6.13. The van der Waals surface area contributed by atoms with Crippen molar-refractivity contribution in [2.75, 3.05) is 7.11 Å². The number of fused-ring (bicyclic) bond motifs is 1. The number of aryl methyl sites for hydroxylation is 1. The number of benzene rings is 1. The van der Waals surface area contributed by atoms with Crippen LogP contribution in [0.4, 0.5) is 0 Å². The van der Waals surface area contributed by atoms with Crippen LogP contribution in [0.15, 0.2) is 34.8 Å². The SMILES string of the molecule is COc1ccc(Br)c(CC[C@@H]2C=CC[C@]3(C)C(=O)CC[C@@H]23)c1. The van der Waals surface area contributed by atoms with Gasteiger partial charge in [0.05, 0.1) is 7.11 Å². The zero-order valence-corrected chi connectivity index (χ0v) is 14.9. The van der Waals surface area contributed by atoms with Crippen molar-refractivity contribution in [3.05, 3.63) is 40.4 Å². The summed E-state index contributed by atoms with van der Waals surface area (Å²) in [6.07, 6.45) is 9.43. The van der Waals surface area contributed by atoms with E-state index in [0.717, 1.165) is 42.3 Å². The lowest BCUT2D eigenvalue weighted by Gasteiger charge is -2.37. The van der Waals surface area contributed by atoms with E-state index in [9.17, 15) is 4.79 Å². The van der Waals surface area contributed by atoms with Crippen molar-refractivity contribution in [3.63, 3.8) is 0 Å². The van der Waals surface area contributed by atoms with Crippen molar-refractivity contribution in [2.45, 2.75) is 39.0 Å². The van der Waals surface area contributed by atoms with Gasteiger partial charge < -0.3 is 4.74 Å². The molecule has 0 spiro atoms. The zero-order valence-electron chi connectivity index (χ0n) is 13.3. The highest BCUT2D eigenvalue weighted by molar-refractivity contribution is 9.10. The summed E-state index contributed by atoms with van der Waals surface area (Å²) in [5.41, 5.74) is 1.18. The number of ether oxygens (including phenoxy) is 1. The van der Waals surface area contributed by atoms with Crippen LogP contribution in [0, 0.1) is 17.3 Å². The van der Waals surface area contributed by atoms with E-state index in [1.54, 1.807) is 7.11 Å². The fourth-order valence-electron chi connectivity index (χ4n) is 4.16. The molecule has 2 aliphatic rings. The number of Topliss-reactive ketones (excluding diaryl/α,β-unsaturated/α-hetero) is 1. The molecule has 22 heavy (non-hydrogen) atoms. The van der Waals surface area contributed by atoms with Crippen LogP contribution >= 0.6 is 15.9 Å². The third kappa shape index (κ3) is 2.76. The maximum atomic E-state index is 12.2. The number of hydrogen-bond donors (Lipinski definition) is 0. The lowest BCUT2D eigenvalue weighted by molar-refractivity contribution is -0.126. The molecule has 3 atom stereocenters. The molecule has 2 nitrogen and oxygen atoms in total. The maximum absolute atomic E-state index is 12.2. The molecule has 0 saturated heterocycles. The Balaban J connectivity index is 1.73. The number of ketones is 1. The summed E-state index contributed by atoms with van der Waals surface area (Å²) in [5.74, 6) is 2.41. The van der Waals surface area contributed by atoms with E-state index in [1.807, 2.05) is 12.1 Å². The average Bonchev–Trinajstić information content (AvgIpc) is 2.82. The van der Waals surface area contributed by atoms with Crippen molar-refractivity contribution >= 4 is 21.7 Å². The van der Waals surface area contributed by atoms with Gasteiger partial charge in [-0.2, -0.15) is 0 Å². The van der Waals surface area contributed by atoms with E-state index < -0.39 is 0 Å². The molecule has 1 saturated carbocycles. The molecule has 0 aliphatic heterocycles. The van der Waals surface area contributed by atoms with E-state index in [0.29, 0.717) is 17.6 Å². The Morgan fingerprint density at radius 2 is 2.23 bits per heavy atom. The Labute approximate surface area is 141 Å². The zero-order chi connectivity index (χ0) is 15.7. The summed E-state index contributed by atoms with van der Waals surface area (Å²) < 4.78 is 6.46. The fourth-order valence-corrected chi connectivity index (χ4v) is 4.61. The highest BCUT2D eigenvalue weighted by Gasteiger charge is 2.48. The predicted molar refractivity (Wildman–Crippen MR) is 92.1 cm³/mol. The Bertz CT molecular complexity index is 607. The highest BCUT2D eigenvalue weighted by atomic mass is 79.9. The number of rotatable bonds is 4. The first-order valence-electron chi connectivity index (χ1n) is 8.07. The molecule has 0 amide bonds. The Morgan fingerprint density at radius 3 is 3.00 bits per heavy atom. The van der Waals surface area contributed by atoms with Gasteiger partial charge in [0.15, 0.2) is 0 Å². The fraction of sp³-hybridized carbons (Fsp3) is 0.526. The van der Waals surface area contributed by atoms with Gasteiger partial charge in [0.1, 0.15) is 11.5 Å². The molecule has 3 rings (SSSR count). The van der Waals surface area contributed by atoms with Gasteiger partial charge in [0.25, 0.3) is 0 Å². The minimum atomic E-state index is -0.106. The number of halogens is 1. The van der Waals surface area contributed by atoms with Gasteiger partial charge in [-0.25, -0.2) is 0 Å². The monoisotopic (exact) mass is 362 g/mol. The van der Waals surface area contributed by atoms with Crippen molar-refractivity contribution in [3.8, 4) is 5.75 Å². The summed E-state index contributed by atoms with van der Waals surface area (Å²) in [6.45, 7) is 2.17. The lowest BCUT2D eigenvalue weighted by Crippen LogP contribution is -2.35. The van der Waals surface area contributed by atoms with Crippen LogP contribution in [0.1, 0.15) is 38.2 Å². The van der Waals surface area contributed by atoms with E-state index in [2.05, 4.69) is 41.1 Å². The molecule has 0 unspecified atom stereocenters. The van der Waals surface area contributed by atoms with Crippen LogP contribution in [-0.4, -0.2) is 12.9 Å². The van der Waals surface area contributed by atoms with Crippen molar-refractivity contribution < 1.29 is 9.53 Å². The summed E-state index contributed by atoms with van der Waals surface area (Å²) >= 11 is 3.63. The molecule has 1 aromatic rings. The van der Waals surface area contributed by atoms with Crippen molar-refractivity contribution in [1.29, 1.82) is 0 Å². The molecule has 2 aliphatic carbocycles. The van der Waals surface area contributed by atoms with Crippen molar-refractivity contribution in [1.82, 2.24) is 0 Å². The van der Waals surface area contributed by atoms with Crippen LogP contribution in [0.3, 0.4) is 0 Å². The molecule has 0 aromatic heterocycles. The molecule has 0 N–H and O–H groups in total. The number of allylic oxidation sites excluding steroid dienone is 2. The standard InChI is InChI=1S/C19H23BrO2/c1-19-11-3-4-13(16(19)8-10-18(19)21)5-6-14-12-15(22-2)7-9-17(14)20/h3-4,7,9,12-13,16H,5-6,8,10-11H2,1-2H3/t13-,16-,19-/m0/s1. The summed E-state index contributed by atoms with van der Waals surface area (Å²) in [7, 11) is 1.70. The largest absolute Gasteiger partial charge is 0.497 e. The van der Waals surface area contributed by atoms with E-state index in [4.69, 9.17) is 4.74 Å². The molecular weight excluding hydrogens is 340 g/mol. The highest BCUT2D eigenvalue weighted by Crippen LogP contribution is 2.51. The third-order valence-corrected chi connectivity index (χ3v) is 6.35. The number of hydrogen-bond acceptors (Lipinski definition) is 2. The normalized spacial score (nSPS) is 30.4. The van der Waals surface area contributed by atoms with Gasteiger partial charge in [0, 0.05) is 16.3 Å². The molecule has 0 radical (unpaired) electrons. The summed E-state index contributed by atoms with van der Waals surface area (Å²) in [5, 5.41) is 0. The molecule has 1 aromatic carbocycles. The maximum Gasteiger partial charge on any atom is 0.139 e. The van der Waals surface area contributed by atoms with Crippen LogP contribution < -0.4 is 4.74 Å². The molecule has 0 bridgehead atoms. The second-order valence-electron chi connectivity index (χ2n) is 6.78. The first-order chi connectivity index (χ1) is 10.5. The third-order valence-electron chi connectivity index (χ3n) is 5.58. The van der Waals surface area contributed by atoms with Gasteiger partial charge in [0.2, 0.25) is 0 Å². The lowest BCUT2D eigenvalue weighted by atomic mass is 9.66. The quantitative estimate of drug-likeness (QED) is 0.708. The second kappa shape index (κ2) is 6.19. The first kappa shape index (κ1) is 15.8. The minimum absolute atomic E-state index is 0.106. The molecule has 3 heteroatoms. The van der Waals surface area contributed by atoms with Gasteiger partial charge in [-0.15, -0.1) is 0 Å².